The van der Waals surface area contributed by atoms with Crippen LogP contribution >= 0.6 is 0 Å². The topological polar surface area (TPSA) is 78.9 Å². The van der Waals surface area contributed by atoms with E-state index < -0.39 is 0 Å². The van der Waals surface area contributed by atoms with E-state index in [9.17, 15) is 0 Å². The van der Waals surface area contributed by atoms with Gasteiger partial charge in [0.25, 0.3) is 0 Å². The second kappa shape index (κ2) is 4.97. The minimum Gasteiger partial charge on any atom is -0.399 e. The number of aromatic nitrogens is 4. The van der Waals surface area contributed by atoms with Crippen molar-refractivity contribution in [2.75, 3.05) is 12.3 Å². The number of benzene rings is 1. The molecule has 100 valence electrons. The van der Waals surface area contributed by atoms with Crippen LogP contribution in [-0.4, -0.2) is 32.9 Å². The summed E-state index contributed by atoms with van der Waals surface area (Å²) in [6.07, 6.45) is 2.39. The Morgan fingerprint density at radius 3 is 3.05 bits per heavy atom. The van der Waals surface area contributed by atoms with E-state index >= 15 is 0 Å². The fraction of sp³-hybridized carbons (Fsp3) is 0.462. The van der Waals surface area contributed by atoms with Crippen molar-refractivity contribution in [1.29, 1.82) is 0 Å². The molecule has 2 aromatic rings. The van der Waals surface area contributed by atoms with Crippen LogP contribution in [0.5, 0.6) is 0 Å². The van der Waals surface area contributed by atoms with E-state index in [4.69, 9.17) is 10.5 Å². The zero-order valence-electron chi connectivity index (χ0n) is 10.9. The minimum absolute atomic E-state index is 0.212. The third-order valence-electron chi connectivity index (χ3n) is 3.29. The Hall–Kier alpha value is -1.95. The van der Waals surface area contributed by atoms with Crippen LogP contribution in [0.25, 0.3) is 11.4 Å². The largest absolute Gasteiger partial charge is 0.399 e. The maximum absolute atomic E-state index is 5.88. The van der Waals surface area contributed by atoms with Crippen molar-refractivity contribution in [3.63, 3.8) is 0 Å². The van der Waals surface area contributed by atoms with Crippen molar-refractivity contribution in [1.82, 2.24) is 20.2 Å². The lowest BCUT2D eigenvalue weighted by molar-refractivity contribution is 0.0939. The third kappa shape index (κ3) is 2.58. The van der Waals surface area contributed by atoms with Crippen molar-refractivity contribution < 1.29 is 4.74 Å². The molecule has 19 heavy (non-hydrogen) atoms. The number of hydrogen-bond donors (Lipinski definition) is 1. The average Bonchev–Trinajstić information content (AvgIpc) is 2.99. The summed E-state index contributed by atoms with van der Waals surface area (Å²) in [6, 6.07) is 5.86. The molecule has 1 fully saturated rings. The van der Waals surface area contributed by atoms with Crippen LogP contribution in [0.15, 0.2) is 18.2 Å². The molecule has 2 N–H and O–H groups in total. The molecule has 2 heterocycles. The molecule has 1 unspecified atom stereocenters. The van der Waals surface area contributed by atoms with Gasteiger partial charge < -0.3 is 10.5 Å². The van der Waals surface area contributed by atoms with Crippen molar-refractivity contribution >= 4 is 5.69 Å². The zero-order chi connectivity index (χ0) is 13.2. The maximum Gasteiger partial charge on any atom is 0.182 e. The van der Waals surface area contributed by atoms with Crippen molar-refractivity contribution in [3.8, 4) is 11.4 Å². The highest BCUT2D eigenvalue weighted by Crippen LogP contribution is 2.22. The average molecular weight is 259 g/mol. The van der Waals surface area contributed by atoms with Gasteiger partial charge in [-0.15, -0.1) is 5.10 Å². The van der Waals surface area contributed by atoms with Gasteiger partial charge in [0.05, 0.1) is 12.6 Å². The number of aryl methyl sites for hydroxylation is 1. The minimum atomic E-state index is 0.212. The second-order valence-electron chi connectivity index (χ2n) is 4.95. The van der Waals surface area contributed by atoms with Gasteiger partial charge in [0, 0.05) is 17.9 Å². The van der Waals surface area contributed by atoms with Gasteiger partial charge in [0.15, 0.2) is 5.82 Å². The summed E-state index contributed by atoms with van der Waals surface area (Å²) < 4.78 is 7.42. The Labute approximate surface area is 111 Å². The smallest absolute Gasteiger partial charge is 0.182 e. The van der Waals surface area contributed by atoms with E-state index in [1.807, 2.05) is 25.1 Å². The van der Waals surface area contributed by atoms with E-state index in [0.717, 1.165) is 42.1 Å². The summed E-state index contributed by atoms with van der Waals surface area (Å²) in [5.41, 5.74) is 8.64. The van der Waals surface area contributed by atoms with Gasteiger partial charge in [-0.1, -0.05) is 0 Å². The molecule has 0 aliphatic carbocycles. The molecule has 1 aliphatic rings. The number of anilines is 1. The quantitative estimate of drug-likeness (QED) is 0.843. The number of nitrogens with two attached hydrogens (primary N) is 1. The molecule has 1 aromatic heterocycles. The Kier molecular flexibility index (Phi) is 3.16. The predicted molar refractivity (Wildman–Crippen MR) is 71.4 cm³/mol. The van der Waals surface area contributed by atoms with Crippen LogP contribution in [0.4, 0.5) is 5.69 Å². The molecule has 3 rings (SSSR count). The Bertz CT molecular complexity index is 554. The molecular formula is C13H17N5O. The van der Waals surface area contributed by atoms with Gasteiger partial charge in [-0.2, -0.15) is 0 Å². The first kappa shape index (κ1) is 12.1. The molecular weight excluding hydrogens is 242 g/mol. The molecule has 1 saturated heterocycles. The SMILES string of the molecule is Cc1cc(N)cc(-c2nnnn2CC2CCCO2)c1. The zero-order valence-corrected chi connectivity index (χ0v) is 10.9. The molecule has 0 spiro atoms. The van der Waals surface area contributed by atoms with Crippen LogP contribution < -0.4 is 5.73 Å². The van der Waals surface area contributed by atoms with Gasteiger partial charge in [-0.25, -0.2) is 4.68 Å². The van der Waals surface area contributed by atoms with Gasteiger partial charge in [0.2, 0.25) is 0 Å². The van der Waals surface area contributed by atoms with E-state index in [2.05, 4.69) is 15.5 Å². The lowest BCUT2D eigenvalue weighted by Crippen LogP contribution is -2.17. The fourth-order valence-electron chi connectivity index (χ4n) is 2.46. The van der Waals surface area contributed by atoms with Crippen LogP contribution in [-0.2, 0) is 11.3 Å². The highest BCUT2D eigenvalue weighted by Gasteiger charge is 2.19. The number of hydrogen-bond acceptors (Lipinski definition) is 5. The molecule has 0 bridgehead atoms. The Balaban J connectivity index is 1.90. The van der Waals surface area contributed by atoms with Crippen molar-refractivity contribution in [3.05, 3.63) is 23.8 Å². The van der Waals surface area contributed by atoms with Crippen molar-refractivity contribution in [2.45, 2.75) is 32.4 Å². The van der Waals surface area contributed by atoms with E-state index in [1.54, 1.807) is 4.68 Å². The predicted octanol–water partition coefficient (Wildman–Crippen LogP) is 1.41. The normalized spacial score (nSPS) is 18.9. The lowest BCUT2D eigenvalue weighted by Gasteiger charge is -2.11. The first-order valence-electron chi connectivity index (χ1n) is 6.48. The molecule has 1 aromatic carbocycles. The van der Waals surface area contributed by atoms with Gasteiger partial charge in [0.1, 0.15) is 0 Å². The first-order valence-corrected chi connectivity index (χ1v) is 6.48. The summed E-state index contributed by atoms with van der Waals surface area (Å²) in [6.45, 7) is 3.53. The third-order valence-corrected chi connectivity index (χ3v) is 3.29. The number of nitrogen functional groups attached to an aromatic ring is 1. The van der Waals surface area contributed by atoms with Crippen molar-refractivity contribution in [2.24, 2.45) is 0 Å². The van der Waals surface area contributed by atoms with Crippen LogP contribution in [0, 0.1) is 6.92 Å². The van der Waals surface area contributed by atoms with Gasteiger partial charge in [-0.05, 0) is 54.0 Å². The summed E-state index contributed by atoms with van der Waals surface area (Å²) in [4.78, 5) is 0. The van der Waals surface area contributed by atoms with E-state index in [0.29, 0.717) is 6.54 Å². The monoisotopic (exact) mass is 259 g/mol. The van der Waals surface area contributed by atoms with Crippen LogP contribution in [0.2, 0.25) is 0 Å². The number of ether oxygens (including phenoxy) is 1. The summed E-state index contributed by atoms with van der Waals surface area (Å²) in [7, 11) is 0. The molecule has 6 nitrogen and oxygen atoms in total. The van der Waals surface area contributed by atoms with E-state index in [-0.39, 0.29) is 6.10 Å². The summed E-state index contributed by atoms with van der Waals surface area (Å²) in [5.74, 6) is 0.742. The Morgan fingerprint density at radius 1 is 1.42 bits per heavy atom. The molecule has 0 saturated carbocycles. The fourth-order valence-corrected chi connectivity index (χ4v) is 2.46. The second-order valence-corrected chi connectivity index (χ2v) is 4.95. The molecule has 6 heteroatoms. The van der Waals surface area contributed by atoms with E-state index in [1.165, 1.54) is 0 Å². The number of nitrogens with zero attached hydrogens (tertiary/aromatic N) is 4. The van der Waals surface area contributed by atoms with Crippen LogP contribution in [0.3, 0.4) is 0 Å². The lowest BCUT2D eigenvalue weighted by atomic mass is 10.1. The maximum atomic E-state index is 5.88. The summed E-state index contributed by atoms with van der Waals surface area (Å²) in [5, 5.41) is 11.9. The molecule has 1 atom stereocenters. The summed E-state index contributed by atoms with van der Waals surface area (Å²) >= 11 is 0. The van der Waals surface area contributed by atoms with Gasteiger partial charge >= 0.3 is 0 Å². The van der Waals surface area contributed by atoms with Crippen LogP contribution in [0.1, 0.15) is 18.4 Å². The Morgan fingerprint density at radius 2 is 2.32 bits per heavy atom. The molecule has 0 amide bonds. The molecule has 0 radical (unpaired) electrons. The highest BCUT2D eigenvalue weighted by atomic mass is 16.5. The first-order chi connectivity index (χ1) is 9.22. The number of tetrazole rings is 1. The standard InChI is InChI=1S/C13H17N5O/c1-9-5-10(7-11(14)6-9)13-15-16-17-18(13)8-12-3-2-4-19-12/h5-7,12H,2-4,8,14H2,1H3. The highest BCUT2D eigenvalue weighted by molar-refractivity contribution is 5.62. The molecule has 1 aliphatic heterocycles. The number of rotatable bonds is 3. The van der Waals surface area contributed by atoms with Gasteiger partial charge in [-0.3, -0.25) is 0 Å².